The summed E-state index contributed by atoms with van der Waals surface area (Å²) >= 11 is 6.67. The zero-order valence-electron chi connectivity index (χ0n) is 15.6. The summed E-state index contributed by atoms with van der Waals surface area (Å²) in [5.74, 6) is -0.880. The van der Waals surface area contributed by atoms with Gasteiger partial charge in [0, 0.05) is 10.7 Å². The molecule has 1 aliphatic heterocycles. The lowest BCUT2D eigenvalue weighted by Crippen LogP contribution is -2.36. The number of methoxy groups -OCH3 is 1. The minimum Gasteiger partial charge on any atom is -0.504 e. The highest BCUT2D eigenvalue weighted by Gasteiger charge is 2.36. The summed E-state index contributed by atoms with van der Waals surface area (Å²) in [6.07, 6.45) is 1.48. The molecule has 2 aromatic rings. The van der Waals surface area contributed by atoms with Gasteiger partial charge in [-0.05, 0) is 60.2 Å². The number of anilines is 1. The fourth-order valence-electron chi connectivity index (χ4n) is 2.65. The van der Waals surface area contributed by atoms with Crippen molar-refractivity contribution in [3.05, 3.63) is 57.5 Å². The highest BCUT2D eigenvalue weighted by molar-refractivity contribution is 8.18. The molecule has 0 atom stereocenters. The van der Waals surface area contributed by atoms with Gasteiger partial charge in [0.05, 0.1) is 12.0 Å². The number of halogens is 1. The molecular weight excluding hydrogens is 416 g/mol. The number of imide groups is 1. The lowest BCUT2D eigenvalue weighted by Gasteiger charge is -2.13. The second kappa shape index (κ2) is 8.59. The van der Waals surface area contributed by atoms with Crippen LogP contribution in [0.2, 0.25) is 5.02 Å². The maximum absolute atomic E-state index is 12.6. The van der Waals surface area contributed by atoms with Crippen molar-refractivity contribution in [3.8, 4) is 11.5 Å². The van der Waals surface area contributed by atoms with Crippen LogP contribution in [0.25, 0.3) is 6.08 Å². The van der Waals surface area contributed by atoms with E-state index in [9.17, 15) is 19.5 Å². The second-order valence-corrected chi connectivity index (χ2v) is 7.64. The van der Waals surface area contributed by atoms with Crippen LogP contribution in [-0.2, 0) is 9.59 Å². The Labute approximate surface area is 176 Å². The van der Waals surface area contributed by atoms with E-state index in [4.69, 9.17) is 16.3 Å². The van der Waals surface area contributed by atoms with Crippen LogP contribution in [0.4, 0.5) is 10.5 Å². The molecule has 7 nitrogen and oxygen atoms in total. The summed E-state index contributed by atoms with van der Waals surface area (Å²) in [5.41, 5.74) is 1.84. The Kier molecular flexibility index (Phi) is 6.14. The Morgan fingerprint density at radius 3 is 2.72 bits per heavy atom. The third kappa shape index (κ3) is 4.72. The normalized spacial score (nSPS) is 15.1. The number of ether oxygens (including phenoxy) is 1. The molecule has 3 amide bonds. The summed E-state index contributed by atoms with van der Waals surface area (Å²) in [4.78, 5) is 38.1. The molecule has 150 valence electrons. The number of nitrogens with zero attached hydrogens (tertiary/aromatic N) is 1. The first-order valence-electron chi connectivity index (χ1n) is 8.47. The van der Waals surface area contributed by atoms with Gasteiger partial charge in [0.2, 0.25) is 5.91 Å². The summed E-state index contributed by atoms with van der Waals surface area (Å²) < 4.78 is 4.98. The second-order valence-electron chi connectivity index (χ2n) is 6.21. The molecule has 9 heteroatoms. The van der Waals surface area contributed by atoms with Crippen molar-refractivity contribution in [2.75, 3.05) is 19.0 Å². The number of hydrogen-bond acceptors (Lipinski definition) is 6. The lowest BCUT2D eigenvalue weighted by atomic mass is 10.2. The molecule has 0 aromatic heterocycles. The third-order valence-electron chi connectivity index (χ3n) is 4.15. The zero-order valence-corrected chi connectivity index (χ0v) is 17.1. The smallest absolute Gasteiger partial charge is 0.294 e. The van der Waals surface area contributed by atoms with Gasteiger partial charge >= 0.3 is 0 Å². The number of thioether (sulfide) groups is 1. The fourth-order valence-corrected chi connectivity index (χ4v) is 3.66. The van der Waals surface area contributed by atoms with Gasteiger partial charge in [-0.25, -0.2) is 0 Å². The number of benzene rings is 2. The summed E-state index contributed by atoms with van der Waals surface area (Å²) in [7, 11) is 1.43. The average Bonchev–Trinajstić information content (AvgIpc) is 2.92. The number of carbonyl (C=O) groups excluding carboxylic acids is 3. The van der Waals surface area contributed by atoms with Gasteiger partial charge in [-0.2, -0.15) is 0 Å². The SMILES string of the molecule is COc1ccc(/C=C2/SC(=O)N(CC(=O)Nc3cc(Cl)ccc3C)C2=O)cc1O. The van der Waals surface area contributed by atoms with E-state index in [1.165, 1.54) is 19.3 Å². The molecule has 2 N–H and O–H groups in total. The molecule has 1 aliphatic rings. The number of hydrogen-bond donors (Lipinski definition) is 2. The van der Waals surface area contributed by atoms with Crippen LogP contribution in [0.15, 0.2) is 41.3 Å². The molecule has 0 bridgehead atoms. The third-order valence-corrected chi connectivity index (χ3v) is 5.29. The van der Waals surface area contributed by atoms with E-state index in [1.54, 1.807) is 37.3 Å². The minimum absolute atomic E-state index is 0.0863. The van der Waals surface area contributed by atoms with E-state index in [2.05, 4.69) is 5.32 Å². The van der Waals surface area contributed by atoms with Crippen LogP contribution in [0.3, 0.4) is 0 Å². The van der Waals surface area contributed by atoms with Crippen LogP contribution in [0, 0.1) is 6.92 Å². The molecule has 0 unspecified atom stereocenters. The van der Waals surface area contributed by atoms with Gasteiger partial charge in [0.25, 0.3) is 11.1 Å². The summed E-state index contributed by atoms with van der Waals surface area (Å²) in [6.45, 7) is 1.39. The fraction of sp³-hybridized carbons (Fsp3) is 0.150. The van der Waals surface area contributed by atoms with E-state index < -0.39 is 23.6 Å². The van der Waals surface area contributed by atoms with E-state index in [-0.39, 0.29) is 10.7 Å². The standard InChI is InChI=1S/C20H17ClN2O5S/c1-11-3-5-13(21)9-14(11)22-18(25)10-23-19(26)17(29-20(23)27)8-12-4-6-16(28-2)15(24)7-12/h3-9,24H,10H2,1-2H3,(H,22,25)/b17-8+. The maximum atomic E-state index is 12.6. The summed E-state index contributed by atoms with van der Waals surface area (Å²) in [5, 5.41) is 12.4. The Morgan fingerprint density at radius 1 is 1.28 bits per heavy atom. The van der Waals surface area contributed by atoms with Crippen molar-refractivity contribution in [1.82, 2.24) is 4.90 Å². The van der Waals surface area contributed by atoms with Gasteiger partial charge in [0.15, 0.2) is 11.5 Å². The van der Waals surface area contributed by atoms with E-state index in [1.807, 2.05) is 0 Å². The molecule has 2 aromatic carbocycles. The van der Waals surface area contributed by atoms with Gasteiger partial charge < -0.3 is 15.2 Å². The predicted molar refractivity (Wildman–Crippen MR) is 112 cm³/mol. The van der Waals surface area contributed by atoms with Crippen LogP contribution in [0.5, 0.6) is 11.5 Å². The first-order valence-corrected chi connectivity index (χ1v) is 9.66. The quantitative estimate of drug-likeness (QED) is 0.692. The topological polar surface area (TPSA) is 95.9 Å². The van der Waals surface area contributed by atoms with Gasteiger partial charge in [0.1, 0.15) is 6.54 Å². The molecule has 3 rings (SSSR count). The van der Waals surface area contributed by atoms with Gasteiger partial charge in [-0.15, -0.1) is 0 Å². The van der Waals surface area contributed by atoms with Crippen molar-refractivity contribution < 1.29 is 24.2 Å². The number of phenols is 1. The van der Waals surface area contributed by atoms with E-state index in [0.717, 1.165) is 22.2 Å². The van der Waals surface area contributed by atoms with Crippen molar-refractivity contribution in [1.29, 1.82) is 0 Å². The highest BCUT2D eigenvalue weighted by atomic mass is 35.5. The molecule has 0 spiro atoms. The van der Waals surface area contributed by atoms with Crippen molar-refractivity contribution in [2.24, 2.45) is 0 Å². The number of aryl methyl sites for hydroxylation is 1. The molecular formula is C20H17ClN2O5S. The Balaban J connectivity index is 1.72. The minimum atomic E-state index is -0.576. The monoisotopic (exact) mass is 432 g/mol. The Bertz CT molecular complexity index is 1040. The first-order chi connectivity index (χ1) is 13.8. The van der Waals surface area contributed by atoms with Crippen molar-refractivity contribution >= 4 is 52.2 Å². The first kappa shape index (κ1) is 20.8. The van der Waals surface area contributed by atoms with Gasteiger partial charge in [-0.1, -0.05) is 23.7 Å². The highest BCUT2D eigenvalue weighted by Crippen LogP contribution is 2.34. The maximum Gasteiger partial charge on any atom is 0.294 e. The van der Waals surface area contributed by atoms with Gasteiger partial charge in [-0.3, -0.25) is 19.3 Å². The summed E-state index contributed by atoms with van der Waals surface area (Å²) in [6, 6.07) is 9.66. The number of aromatic hydroxyl groups is 1. The number of amides is 3. The van der Waals surface area contributed by atoms with Crippen molar-refractivity contribution in [2.45, 2.75) is 6.92 Å². The molecule has 1 heterocycles. The van der Waals surface area contributed by atoms with Crippen LogP contribution in [0.1, 0.15) is 11.1 Å². The number of rotatable bonds is 5. The molecule has 1 fully saturated rings. The molecule has 0 aliphatic carbocycles. The lowest BCUT2D eigenvalue weighted by molar-refractivity contribution is -0.127. The number of nitrogens with one attached hydrogen (secondary N) is 1. The predicted octanol–water partition coefficient (Wildman–Crippen LogP) is 4.04. The zero-order chi connectivity index (χ0) is 21.1. The van der Waals surface area contributed by atoms with Crippen LogP contribution < -0.4 is 10.1 Å². The van der Waals surface area contributed by atoms with Crippen molar-refractivity contribution in [3.63, 3.8) is 0 Å². The van der Waals surface area contributed by atoms with E-state index in [0.29, 0.717) is 22.0 Å². The van der Waals surface area contributed by atoms with E-state index >= 15 is 0 Å². The molecule has 0 radical (unpaired) electrons. The van der Waals surface area contributed by atoms with Crippen LogP contribution >= 0.6 is 23.4 Å². The number of carbonyl (C=O) groups is 3. The Hall–Kier alpha value is -2.97. The largest absolute Gasteiger partial charge is 0.504 e. The molecule has 1 saturated heterocycles. The molecule has 0 saturated carbocycles. The Morgan fingerprint density at radius 2 is 2.03 bits per heavy atom. The average molecular weight is 433 g/mol. The van der Waals surface area contributed by atoms with Crippen LogP contribution in [-0.4, -0.2) is 40.7 Å². The molecule has 29 heavy (non-hydrogen) atoms. The number of phenolic OH excluding ortho intramolecular Hbond substituents is 1.